The van der Waals surface area contributed by atoms with Crippen LogP contribution in [0.25, 0.3) is 0 Å². The molecule has 0 saturated heterocycles. The predicted octanol–water partition coefficient (Wildman–Crippen LogP) is 5.32. The van der Waals surface area contributed by atoms with E-state index < -0.39 is 5.97 Å². The lowest BCUT2D eigenvalue weighted by molar-refractivity contribution is -0.132. The Morgan fingerprint density at radius 3 is 2.69 bits per heavy atom. The molecule has 4 nitrogen and oxygen atoms in total. The number of allylic oxidation sites excluding steroid dienone is 3. The van der Waals surface area contributed by atoms with Crippen molar-refractivity contribution in [3.8, 4) is 11.5 Å². The first-order chi connectivity index (χ1) is 12.2. The number of aromatic hydroxyl groups is 1. The van der Waals surface area contributed by atoms with Gasteiger partial charge in [-0.05, 0) is 89.5 Å². The molecule has 26 heavy (non-hydrogen) atoms. The summed E-state index contributed by atoms with van der Waals surface area (Å²) in [5, 5.41) is 18.6. The van der Waals surface area contributed by atoms with Crippen LogP contribution in [0.3, 0.4) is 0 Å². The molecular formula is C22H30O4. The van der Waals surface area contributed by atoms with Gasteiger partial charge in [0.1, 0.15) is 17.1 Å². The SMILES string of the molecule is C/C(=C\CCC1(C)CCc2cc(O)cc(C)c2O1)CC/C=C(\C)C(=O)O. The van der Waals surface area contributed by atoms with Crippen molar-refractivity contribution >= 4 is 5.97 Å². The Labute approximate surface area is 156 Å². The van der Waals surface area contributed by atoms with Crippen LogP contribution >= 0.6 is 0 Å². The van der Waals surface area contributed by atoms with Crippen molar-refractivity contribution in [1.82, 2.24) is 0 Å². The monoisotopic (exact) mass is 358 g/mol. The zero-order valence-electron chi connectivity index (χ0n) is 16.3. The van der Waals surface area contributed by atoms with Gasteiger partial charge < -0.3 is 14.9 Å². The van der Waals surface area contributed by atoms with E-state index in [-0.39, 0.29) is 5.60 Å². The lowest BCUT2D eigenvalue weighted by Crippen LogP contribution is -2.36. The first kappa shape index (κ1) is 20.1. The van der Waals surface area contributed by atoms with Gasteiger partial charge in [-0.25, -0.2) is 4.79 Å². The number of ether oxygens (including phenoxy) is 1. The molecule has 0 aliphatic carbocycles. The zero-order valence-corrected chi connectivity index (χ0v) is 16.3. The Kier molecular flexibility index (Phi) is 6.52. The zero-order chi connectivity index (χ0) is 19.3. The minimum Gasteiger partial charge on any atom is -0.508 e. The van der Waals surface area contributed by atoms with Gasteiger partial charge in [0, 0.05) is 5.57 Å². The van der Waals surface area contributed by atoms with Crippen LogP contribution in [-0.2, 0) is 11.2 Å². The number of carbonyl (C=O) groups is 1. The molecule has 1 aromatic rings. The fourth-order valence-electron chi connectivity index (χ4n) is 3.36. The molecule has 1 aliphatic rings. The van der Waals surface area contributed by atoms with E-state index in [0.717, 1.165) is 55.4 Å². The summed E-state index contributed by atoms with van der Waals surface area (Å²) in [6, 6.07) is 3.56. The number of phenols is 1. The number of phenolic OH excluding ortho intramolecular Hbond substituents is 1. The van der Waals surface area contributed by atoms with E-state index in [0.29, 0.717) is 11.3 Å². The van der Waals surface area contributed by atoms with Gasteiger partial charge in [0.2, 0.25) is 0 Å². The molecule has 142 valence electrons. The topological polar surface area (TPSA) is 66.8 Å². The fourth-order valence-corrected chi connectivity index (χ4v) is 3.36. The van der Waals surface area contributed by atoms with Crippen molar-refractivity contribution < 1.29 is 19.7 Å². The molecule has 2 N–H and O–H groups in total. The third-order valence-electron chi connectivity index (χ3n) is 5.10. The number of aliphatic carboxylic acids is 1. The molecule has 1 aliphatic heterocycles. The number of carboxylic acids is 1. The normalized spacial score (nSPS) is 20.5. The van der Waals surface area contributed by atoms with E-state index in [4.69, 9.17) is 9.84 Å². The van der Waals surface area contributed by atoms with E-state index >= 15 is 0 Å². The maximum atomic E-state index is 10.8. The largest absolute Gasteiger partial charge is 0.508 e. The molecule has 4 heteroatoms. The molecule has 1 heterocycles. The van der Waals surface area contributed by atoms with E-state index in [2.05, 4.69) is 19.9 Å². The van der Waals surface area contributed by atoms with Crippen LogP contribution in [0.5, 0.6) is 11.5 Å². The first-order valence-electron chi connectivity index (χ1n) is 9.27. The quantitative estimate of drug-likeness (QED) is 0.511. The molecule has 0 fully saturated rings. The number of benzene rings is 1. The minimum absolute atomic E-state index is 0.189. The van der Waals surface area contributed by atoms with Crippen LogP contribution in [0.1, 0.15) is 64.0 Å². The number of aryl methyl sites for hydroxylation is 2. The molecule has 0 bridgehead atoms. The summed E-state index contributed by atoms with van der Waals surface area (Å²) in [4.78, 5) is 10.8. The second kappa shape index (κ2) is 8.43. The van der Waals surface area contributed by atoms with E-state index in [1.165, 1.54) is 5.57 Å². The van der Waals surface area contributed by atoms with Gasteiger partial charge in [0.05, 0.1) is 0 Å². The number of hydrogen-bond donors (Lipinski definition) is 2. The van der Waals surface area contributed by atoms with Crippen molar-refractivity contribution in [1.29, 1.82) is 0 Å². The van der Waals surface area contributed by atoms with Gasteiger partial charge in [0.25, 0.3) is 0 Å². The lowest BCUT2D eigenvalue weighted by Gasteiger charge is -2.36. The van der Waals surface area contributed by atoms with Crippen LogP contribution < -0.4 is 4.74 Å². The predicted molar refractivity (Wildman–Crippen MR) is 104 cm³/mol. The maximum absolute atomic E-state index is 10.8. The van der Waals surface area contributed by atoms with Gasteiger partial charge in [-0.1, -0.05) is 17.7 Å². The van der Waals surface area contributed by atoms with Crippen molar-refractivity contribution in [2.24, 2.45) is 0 Å². The summed E-state index contributed by atoms with van der Waals surface area (Å²) in [7, 11) is 0. The second-order valence-corrected chi connectivity index (χ2v) is 7.62. The highest BCUT2D eigenvalue weighted by atomic mass is 16.5. The molecular weight excluding hydrogens is 328 g/mol. The van der Waals surface area contributed by atoms with Crippen LogP contribution in [0.4, 0.5) is 0 Å². The molecule has 1 atom stereocenters. The van der Waals surface area contributed by atoms with Crippen LogP contribution in [0.2, 0.25) is 0 Å². The van der Waals surface area contributed by atoms with E-state index in [1.54, 1.807) is 25.1 Å². The Balaban J connectivity index is 1.89. The summed E-state index contributed by atoms with van der Waals surface area (Å²) >= 11 is 0. The van der Waals surface area contributed by atoms with Crippen LogP contribution in [0, 0.1) is 6.92 Å². The third kappa shape index (κ3) is 5.38. The number of carboxylic acid groups (broad SMARTS) is 1. The molecule has 2 rings (SSSR count). The molecule has 1 unspecified atom stereocenters. The summed E-state index contributed by atoms with van der Waals surface area (Å²) in [5.41, 5.74) is 3.57. The molecule has 0 amide bonds. The highest BCUT2D eigenvalue weighted by molar-refractivity contribution is 5.85. The average Bonchev–Trinajstić information content (AvgIpc) is 2.55. The summed E-state index contributed by atoms with van der Waals surface area (Å²) in [6.07, 6.45) is 9.38. The van der Waals surface area contributed by atoms with Gasteiger partial charge in [0.15, 0.2) is 0 Å². The number of hydrogen-bond acceptors (Lipinski definition) is 3. The van der Waals surface area contributed by atoms with E-state index in [9.17, 15) is 9.90 Å². The summed E-state index contributed by atoms with van der Waals surface area (Å²) < 4.78 is 6.31. The highest BCUT2D eigenvalue weighted by Gasteiger charge is 2.31. The Morgan fingerprint density at radius 2 is 2.00 bits per heavy atom. The van der Waals surface area contributed by atoms with Gasteiger partial charge >= 0.3 is 5.97 Å². The molecule has 1 aromatic carbocycles. The van der Waals surface area contributed by atoms with E-state index in [1.807, 2.05) is 6.92 Å². The molecule has 0 saturated carbocycles. The standard InChI is InChI=1S/C22H30O4/c1-15(7-5-9-16(2)21(24)25)8-6-11-22(4)12-10-18-14-19(23)13-17(3)20(18)26-22/h8-9,13-14,23H,5-7,10-12H2,1-4H3,(H,24,25)/b15-8+,16-9+. The van der Waals surface area contributed by atoms with Crippen molar-refractivity contribution in [2.45, 2.75) is 71.8 Å². The molecule has 0 spiro atoms. The first-order valence-corrected chi connectivity index (χ1v) is 9.27. The third-order valence-corrected chi connectivity index (χ3v) is 5.10. The van der Waals surface area contributed by atoms with Gasteiger partial charge in [-0.3, -0.25) is 0 Å². The van der Waals surface area contributed by atoms with Crippen LogP contribution in [-0.4, -0.2) is 21.8 Å². The van der Waals surface area contributed by atoms with Gasteiger partial charge in [-0.15, -0.1) is 0 Å². The average molecular weight is 358 g/mol. The van der Waals surface area contributed by atoms with Gasteiger partial charge in [-0.2, -0.15) is 0 Å². The number of rotatable bonds is 7. The Hall–Kier alpha value is -2.23. The Morgan fingerprint density at radius 1 is 1.27 bits per heavy atom. The second-order valence-electron chi connectivity index (χ2n) is 7.62. The van der Waals surface area contributed by atoms with Crippen molar-refractivity contribution in [2.75, 3.05) is 0 Å². The fraction of sp³-hybridized carbons (Fsp3) is 0.500. The van der Waals surface area contributed by atoms with Crippen LogP contribution in [0.15, 0.2) is 35.4 Å². The maximum Gasteiger partial charge on any atom is 0.330 e. The van der Waals surface area contributed by atoms with Crippen molar-refractivity contribution in [3.05, 3.63) is 46.6 Å². The Bertz CT molecular complexity index is 730. The molecule has 0 radical (unpaired) electrons. The highest BCUT2D eigenvalue weighted by Crippen LogP contribution is 2.39. The summed E-state index contributed by atoms with van der Waals surface area (Å²) in [6.45, 7) is 7.85. The number of fused-ring (bicyclic) bond motifs is 1. The smallest absolute Gasteiger partial charge is 0.330 e. The van der Waals surface area contributed by atoms with Crippen molar-refractivity contribution in [3.63, 3.8) is 0 Å². The molecule has 0 aromatic heterocycles. The summed E-state index contributed by atoms with van der Waals surface area (Å²) in [5.74, 6) is 0.378. The lowest BCUT2D eigenvalue weighted by atomic mass is 9.87. The minimum atomic E-state index is -0.849.